The minimum absolute atomic E-state index is 0.252. The predicted octanol–water partition coefficient (Wildman–Crippen LogP) is 1.81. The highest BCUT2D eigenvalue weighted by molar-refractivity contribution is 6.33. The second-order valence-electron chi connectivity index (χ2n) is 4.72. The molecule has 0 amide bonds. The summed E-state index contributed by atoms with van der Waals surface area (Å²) in [6.45, 7) is 7.21. The van der Waals surface area contributed by atoms with Crippen molar-refractivity contribution in [1.29, 1.82) is 0 Å². The van der Waals surface area contributed by atoms with E-state index in [1.54, 1.807) is 0 Å². The maximum atomic E-state index is 6.20. The highest BCUT2D eigenvalue weighted by Crippen LogP contribution is 2.25. The molecule has 0 aliphatic carbocycles. The number of nitrogens with two attached hydrogens (primary N) is 1. The van der Waals surface area contributed by atoms with Crippen LogP contribution in [-0.4, -0.2) is 43.7 Å². The van der Waals surface area contributed by atoms with Crippen molar-refractivity contribution in [1.82, 2.24) is 4.90 Å². The lowest BCUT2D eigenvalue weighted by molar-refractivity contribution is 0.247. The number of hydrogen-bond donors (Lipinski definition) is 1. The standard InChI is InChI=1S/C13H20ClN3/c1-11(15)10-16-6-8-17(9-7-16)13-5-3-2-4-12(13)14/h2-5,11H,6-10,15H2,1H3. The van der Waals surface area contributed by atoms with Crippen LogP contribution in [0.2, 0.25) is 5.02 Å². The number of hydrogen-bond acceptors (Lipinski definition) is 3. The van der Waals surface area contributed by atoms with Crippen molar-refractivity contribution in [3.63, 3.8) is 0 Å². The number of halogens is 1. The zero-order chi connectivity index (χ0) is 12.3. The quantitative estimate of drug-likeness (QED) is 0.892. The molecule has 17 heavy (non-hydrogen) atoms. The van der Waals surface area contributed by atoms with Crippen molar-refractivity contribution in [3.8, 4) is 0 Å². The number of anilines is 1. The van der Waals surface area contributed by atoms with Gasteiger partial charge in [0.2, 0.25) is 0 Å². The van der Waals surface area contributed by atoms with Crippen LogP contribution in [-0.2, 0) is 0 Å². The molecule has 1 aliphatic rings. The van der Waals surface area contributed by atoms with Crippen molar-refractivity contribution in [2.45, 2.75) is 13.0 Å². The summed E-state index contributed by atoms with van der Waals surface area (Å²) in [5, 5.41) is 0.841. The molecule has 94 valence electrons. The van der Waals surface area contributed by atoms with Gasteiger partial charge >= 0.3 is 0 Å². The number of piperazine rings is 1. The van der Waals surface area contributed by atoms with Gasteiger partial charge in [-0.2, -0.15) is 0 Å². The Kier molecular flexibility index (Phi) is 4.26. The van der Waals surface area contributed by atoms with Crippen LogP contribution in [0.1, 0.15) is 6.92 Å². The predicted molar refractivity (Wildman–Crippen MR) is 73.8 cm³/mol. The molecule has 0 radical (unpaired) electrons. The summed E-state index contributed by atoms with van der Waals surface area (Å²) in [6, 6.07) is 8.30. The third-order valence-electron chi connectivity index (χ3n) is 3.11. The average molecular weight is 254 g/mol. The lowest BCUT2D eigenvalue weighted by atomic mass is 10.2. The third-order valence-corrected chi connectivity index (χ3v) is 3.43. The second kappa shape index (κ2) is 5.71. The van der Waals surface area contributed by atoms with Crippen molar-refractivity contribution in [2.24, 2.45) is 5.73 Å². The van der Waals surface area contributed by atoms with E-state index in [2.05, 4.69) is 22.8 Å². The molecule has 1 aromatic rings. The Labute approximate surface area is 108 Å². The molecule has 3 nitrogen and oxygen atoms in total. The first-order valence-electron chi connectivity index (χ1n) is 6.14. The Morgan fingerprint density at radius 2 is 1.88 bits per heavy atom. The molecule has 1 fully saturated rings. The Hall–Kier alpha value is -0.770. The van der Waals surface area contributed by atoms with Gasteiger partial charge in [0.15, 0.2) is 0 Å². The van der Waals surface area contributed by atoms with Gasteiger partial charge in [0.1, 0.15) is 0 Å². The Morgan fingerprint density at radius 3 is 2.47 bits per heavy atom. The molecule has 1 aromatic carbocycles. The first-order valence-corrected chi connectivity index (χ1v) is 6.52. The fourth-order valence-corrected chi connectivity index (χ4v) is 2.54. The van der Waals surface area contributed by atoms with Gasteiger partial charge in [-0.15, -0.1) is 0 Å². The van der Waals surface area contributed by atoms with Crippen molar-refractivity contribution >= 4 is 17.3 Å². The largest absolute Gasteiger partial charge is 0.368 e. The minimum atomic E-state index is 0.252. The van der Waals surface area contributed by atoms with Crippen LogP contribution in [0.25, 0.3) is 0 Å². The zero-order valence-electron chi connectivity index (χ0n) is 10.3. The number of para-hydroxylation sites is 1. The first-order chi connectivity index (χ1) is 8.16. The third kappa shape index (κ3) is 3.35. The van der Waals surface area contributed by atoms with Crippen LogP contribution < -0.4 is 10.6 Å². The molecule has 1 aliphatic heterocycles. The van der Waals surface area contributed by atoms with E-state index in [1.165, 1.54) is 0 Å². The van der Waals surface area contributed by atoms with Gasteiger partial charge in [-0.05, 0) is 19.1 Å². The minimum Gasteiger partial charge on any atom is -0.368 e. The molecule has 0 aromatic heterocycles. The normalized spacial score (nSPS) is 19.4. The molecule has 0 saturated carbocycles. The fourth-order valence-electron chi connectivity index (χ4n) is 2.29. The Bertz CT molecular complexity index is 359. The molecule has 4 heteroatoms. The summed E-state index contributed by atoms with van der Waals surface area (Å²) in [4.78, 5) is 4.76. The van der Waals surface area contributed by atoms with Crippen LogP contribution in [0.3, 0.4) is 0 Å². The highest BCUT2D eigenvalue weighted by atomic mass is 35.5. The smallest absolute Gasteiger partial charge is 0.0639 e. The van der Waals surface area contributed by atoms with E-state index in [0.717, 1.165) is 43.4 Å². The monoisotopic (exact) mass is 253 g/mol. The average Bonchev–Trinajstić information content (AvgIpc) is 2.30. The molecule has 1 saturated heterocycles. The molecular formula is C13H20ClN3. The fraction of sp³-hybridized carbons (Fsp3) is 0.538. The van der Waals surface area contributed by atoms with Crippen LogP contribution in [0.15, 0.2) is 24.3 Å². The molecule has 2 rings (SSSR count). The molecule has 0 spiro atoms. The van der Waals surface area contributed by atoms with Crippen LogP contribution in [0.5, 0.6) is 0 Å². The lowest BCUT2D eigenvalue weighted by Gasteiger charge is -2.37. The SMILES string of the molecule is CC(N)CN1CCN(c2ccccc2Cl)CC1. The van der Waals surface area contributed by atoms with Gasteiger partial charge in [0, 0.05) is 38.8 Å². The van der Waals surface area contributed by atoms with Gasteiger partial charge < -0.3 is 10.6 Å². The summed E-state index contributed by atoms with van der Waals surface area (Å²) < 4.78 is 0. The van der Waals surface area contributed by atoms with Crippen molar-refractivity contribution < 1.29 is 0 Å². The number of rotatable bonds is 3. The van der Waals surface area contributed by atoms with Gasteiger partial charge in [0.25, 0.3) is 0 Å². The van der Waals surface area contributed by atoms with Gasteiger partial charge in [-0.25, -0.2) is 0 Å². The van der Waals surface area contributed by atoms with E-state index >= 15 is 0 Å². The summed E-state index contributed by atoms with van der Waals surface area (Å²) >= 11 is 6.20. The number of nitrogens with zero attached hydrogens (tertiary/aromatic N) is 2. The maximum absolute atomic E-state index is 6.20. The highest BCUT2D eigenvalue weighted by Gasteiger charge is 2.18. The number of benzene rings is 1. The van der Waals surface area contributed by atoms with Crippen molar-refractivity contribution in [2.75, 3.05) is 37.6 Å². The topological polar surface area (TPSA) is 32.5 Å². The maximum Gasteiger partial charge on any atom is 0.0639 e. The first kappa shape index (κ1) is 12.7. The van der Waals surface area contributed by atoms with E-state index in [-0.39, 0.29) is 6.04 Å². The second-order valence-corrected chi connectivity index (χ2v) is 5.12. The molecule has 1 atom stereocenters. The molecular weight excluding hydrogens is 234 g/mol. The summed E-state index contributed by atoms with van der Waals surface area (Å²) in [5.41, 5.74) is 6.96. The van der Waals surface area contributed by atoms with Crippen molar-refractivity contribution in [3.05, 3.63) is 29.3 Å². The summed E-state index contributed by atoms with van der Waals surface area (Å²) in [6.07, 6.45) is 0. The zero-order valence-corrected chi connectivity index (χ0v) is 11.0. The Morgan fingerprint density at radius 1 is 1.24 bits per heavy atom. The van der Waals surface area contributed by atoms with E-state index in [9.17, 15) is 0 Å². The summed E-state index contributed by atoms with van der Waals surface area (Å²) in [5.74, 6) is 0. The van der Waals surface area contributed by atoms with E-state index in [0.29, 0.717) is 0 Å². The Balaban J connectivity index is 1.93. The summed E-state index contributed by atoms with van der Waals surface area (Å²) in [7, 11) is 0. The van der Waals surface area contributed by atoms with E-state index in [1.807, 2.05) is 18.2 Å². The van der Waals surface area contributed by atoms with Crippen LogP contribution >= 0.6 is 11.6 Å². The van der Waals surface area contributed by atoms with Gasteiger partial charge in [0.05, 0.1) is 10.7 Å². The molecule has 1 unspecified atom stereocenters. The molecule has 2 N–H and O–H groups in total. The molecule has 0 bridgehead atoms. The lowest BCUT2D eigenvalue weighted by Crippen LogP contribution is -2.49. The van der Waals surface area contributed by atoms with Crippen LogP contribution in [0.4, 0.5) is 5.69 Å². The van der Waals surface area contributed by atoms with Gasteiger partial charge in [-0.3, -0.25) is 4.90 Å². The van der Waals surface area contributed by atoms with E-state index < -0.39 is 0 Å². The van der Waals surface area contributed by atoms with Gasteiger partial charge in [-0.1, -0.05) is 23.7 Å². The van der Waals surface area contributed by atoms with E-state index in [4.69, 9.17) is 17.3 Å². The molecule has 1 heterocycles. The van der Waals surface area contributed by atoms with Crippen LogP contribution in [0, 0.1) is 0 Å².